The van der Waals surface area contributed by atoms with E-state index >= 15 is 0 Å². The Kier molecular flexibility index (Phi) is 7.17. The average molecular weight is 532 g/mol. The second-order valence-corrected chi connectivity index (χ2v) is 9.94. The van der Waals surface area contributed by atoms with Crippen LogP contribution in [0.15, 0.2) is 63.8 Å². The summed E-state index contributed by atoms with van der Waals surface area (Å²) in [6, 6.07) is 15.5. The highest BCUT2D eigenvalue weighted by Gasteiger charge is 2.44. The van der Waals surface area contributed by atoms with Gasteiger partial charge in [0.1, 0.15) is 5.58 Å². The third kappa shape index (κ3) is 4.54. The van der Waals surface area contributed by atoms with Crippen molar-refractivity contribution < 1.29 is 18.7 Å². The number of fused-ring (bicyclic) bond motifs is 2. The molecule has 0 radical (unpaired) electrons. The Balaban J connectivity index is 1.74. The summed E-state index contributed by atoms with van der Waals surface area (Å²) in [4.78, 5) is 29.4. The number of amides is 1. The van der Waals surface area contributed by atoms with E-state index in [2.05, 4.69) is 6.92 Å². The molecule has 7 heteroatoms. The van der Waals surface area contributed by atoms with Gasteiger partial charge in [-0.25, -0.2) is 0 Å². The van der Waals surface area contributed by atoms with Crippen LogP contribution in [-0.2, 0) is 0 Å². The maximum Gasteiger partial charge on any atom is 0.295 e. The molecular formula is C31H30ClNO5. The fraction of sp³-hybridized carbons (Fsp3) is 0.290. The van der Waals surface area contributed by atoms with Gasteiger partial charge in [0.05, 0.1) is 30.2 Å². The Morgan fingerprint density at radius 3 is 2.47 bits per heavy atom. The highest BCUT2D eigenvalue weighted by molar-refractivity contribution is 6.31. The molecule has 196 valence electrons. The molecule has 3 aromatic carbocycles. The molecule has 0 N–H and O–H groups in total. The number of ether oxygens (including phenoxy) is 2. The summed E-state index contributed by atoms with van der Waals surface area (Å²) in [6.07, 6.45) is 1.94. The summed E-state index contributed by atoms with van der Waals surface area (Å²) < 4.78 is 18.0. The van der Waals surface area contributed by atoms with Crippen molar-refractivity contribution in [3.8, 4) is 11.5 Å². The second kappa shape index (κ2) is 10.5. The van der Waals surface area contributed by atoms with Crippen molar-refractivity contribution in [1.29, 1.82) is 0 Å². The monoisotopic (exact) mass is 531 g/mol. The molecule has 0 spiro atoms. The fourth-order valence-corrected chi connectivity index (χ4v) is 5.03. The van der Waals surface area contributed by atoms with E-state index in [1.165, 1.54) is 0 Å². The number of aryl methyl sites for hydroxylation is 2. The number of nitrogens with zero attached hydrogens (tertiary/aromatic N) is 1. The standard InChI is InChI=1S/C31H30ClNO5/c1-5-7-13-37-24-12-11-20(16-26(24)36-6-2)28-27-29(34)23-14-18(3)19(4)15-25(23)38-30(27)31(35)33(28)22-10-8-9-21(32)17-22/h8-12,14-17,28H,5-7,13H2,1-4H3. The van der Waals surface area contributed by atoms with Crippen molar-refractivity contribution in [1.82, 2.24) is 0 Å². The zero-order valence-corrected chi connectivity index (χ0v) is 22.7. The molecule has 1 aliphatic heterocycles. The second-order valence-electron chi connectivity index (χ2n) is 9.51. The molecule has 1 aromatic heterocycles. The maximum absolute atomic E-state index is 14.0. The third-order valence-electron chi connectivity index (χ3n) is 6.91. The van der Waals surface area contributed by atoms with Crippen LogP contribution >= 0.6 is 11.6 Å². The number of anilines is 1. The summed E-state index contributed by atoms with van der Waals surface area (Å²) in [5.41, 5.74) is 3.70. The summed E-state index contributed by atoms with van der Waals surface area (Å²) >= 11 is 6.32. The van der Waals surface area contributed by atoms with Crippen LogP contribution in [0.2, 0.25) is 5.02 Å². The van der Waals surface area contributed by atoms with E-state index in [1.807, 2.05) is 51.1 Å². The van der Waals surface area contributed by atoms with Crippen LogP contribution in [0, 0.1) is 13.8 Å². The molecule has 1 unspecified atom stereocenters. The van der Waals surface area contributed by atoms with E-state index in [1.54, 1.807) is 29.2 Å². The van der Waals surface area contributed by atoms with Crippen molar-refractivity contribution in [2.45, 2.75) is 46.6 Å². The van der Waals surface area contributed by atoms with E-state index < -0.39 is 11.9 Å². The first-order valence-electron chi connectivity index (χ1n) is 12.9. The van der Waals surface area contributed by atoms with Crippen LogP contribution in [0.4, 0.5) is 5.69 Å². The number of benzene rings is 3. The summed E-state index contributed by atoms with van der Waals surface area (Å²) in [7, 11) is 0. The molecule has 0 aliphatic carbocycles. The van der Waals surface area contributed by atoms with Gasteiger partial charge in [0.2, 0.25) is 5.76 Å². The normalized spacial score (nSPS) is 14.7. The zero-order chi connectivity index (χ0) is 27.0. The number of unbranched alkanes of at least 4 members (excludes halogenated alkanes) is 1. The molecule has 5 rings (SSSR count). The van der Waals surface area contributed by atoms with Gasteiger partial charge < -0.3 is 13.9 Å². The smallest absolute Gasteiger partial charge is 0.295 e. The van der Waals surface area contributed by atoms with Crippen molar-refractivity contribution in [3.05, 3.63) is 97.9 Å². The van der Waals surface area contributed by atoms with Crippen LogP contribution in [0.3, 0.4) is 0 Å². The lowest BCUT2D eigenvalue weighted by atomic mass is 9.97. The number of carbonyl (C=O) groups is 1. The average Bonchev–Trinajstić information content (AvgIpc) is 3.19. The number of halogens is 1. The van der Waals surface area contributed by atoms with Crippen LogP contribution in [-0.4, -0.2) is 19.1 Å². The predicted octanol–water partition coefficient (Wildman–Crippen LogP) is 7.39. The molecule has 6 nitrogen and oxygen atoms in total. The maximum atomic E-state index is 14.0. The Labute approximate surface area is 226 Å². The minimum Gasteiger partial charge on any atom is -0.490 e. The Morgan fingerprint density at radius 2 is 1.74 bits per heavy atom. The van der Waals surface area contributed by atoms with Crippen LogP contribution in [0.25, 0.3) is 11.0 Å². The number of hydrogen-bond donors (Lipinski definition) is 0. The molecule has 1 amide bonds. The van der Waals surface area contributed by atoms with E-state index in [4.69, 9.17) is 25.5 Å². The van der Waals surface area contributed by atoms with Gasteiger partial charge in [0.25, 0.3) is 5.91 Å². The van der Waals surface area contributed by atoms with Gasteiger partial charge in [-0.1, -0.05) is 37.1 Å². The quantitative estimate of drug-likeness (QED) is 0.222. The van der Waals surface area contributed by atoms with E-state index in [0.717, 1.165) is 24.0 Å². The van der Waals surface area contributed by atoms with Crippen LogP contribution in [0.1, 0.15) is 65.5 Å². The Hall–Kier alpha value is -3.77. The van der Waals surface area contributed by atoms with E-state index in [-0.39, 0.29) is 11.2 Å². The van der Waals surface area contributed by atoms with Gasteiger partial charge >= 0.3 is 0 Å². The van der Waals surface area contributed by atoms with Gasteiger partial charge in [-0.15, -0.1) is 0 Å². The van der Waals surface area contributed by atoms with E-state index in [0.29, 0.717) is 57.5 Å². The molecule has 0 bridgehead atoms. The van der Waals surface area contributed by atoms with Crippen molar-refractivity contribution in [2.24, 2.45) is 0 Å². The predicted molar refractivity (Wildman–Crippen MR) is 150 cm³/mol. The summed E-state index contributed by atoms with van der Waals surface area (Å²) in [5.74, 6) is 0.826. The topological polar surface area (TPSA) is 69.0 Å². The van der Waals surface area contributed by atoms with Crippen molar-refractivity contribution >= 4 is 34.2 Å². The van der Waals surface area contributed by atoms with Gasteiger partial charge in [-0.2, -0.15) is 0 Å². The first-order valence-corrected chi connectivity index (χ1v) is 13.3. The lowest BCUT2D eigenvalue weighted by Crippen LogP contribution is -2.29. The highest BCUT2D eigenvalue weighted by atomic mass is 35.5. The molecular weight excluding hydrogens is 502 g/mol. The molecule has 2 heterocycles. The molecule has 0 fully saturated rings. The van der Waals surface area contributed by atoms with Crippen molar-refractivity contribution in [2.75, 3.05) is 18.1 Å². The number of rotatable bonds is 8. The molecule has 0 saturated carbocycles. The Morgan fingerprint density at radius 1 is 0.947 bits per heavy atom. The first-order chi connectivity index (χ1) is 18.3. The Bertz CT molecular complexity index is 1590. The summed E-state index contributed by atoms with van der Waals surface area (Å²) in [6.45, 7) is 8.92. The number of carbonyl (C=O) groups excluding carboxylic acids is 1. The van der Waals surface area contributed by atoms with Gasteiger partial charge in [0.15, 0.2) is 16.9 Å². The minimum atomic E-state index is -0.734. The lowest BCUT2D eigenvalue weighted by molar-refractivity contribution is 0.0971. The first kappa shape index (κ1) is 25.9. The molecule has 0 saturated heterocycles. The van der Waals surface area contributed by atoms with Crippen LogP contribution < -0.4 is 19.8 Å². The minimum absolute atomic E-state index is 0.0389. The highest BCUT2D eigenvalue weighted by Crippen LogP contribution is 2.44. The molecule has 1 aliphatic rings. The van der Waals surface area contributed by atoms with Crippen LogP contribution in [0.5, 0.6) is 11.5 Å². The third-order valence-corrected chi connectivity index (χ3v) is 7.15. The SMILES string of the molecule is CCCCOc1ccc(C2c3c(oc4cc(C)c(C)cc4c3=O)C(=O)N2c2cccc(Cl)c2)cc1OCC. The largest absolute Gasteiger partial charge is 0.490 e. The molecule has 4 aromatic rings. The fourth-order valence-electron chi connectivity index (χ4n) is 4.84. The molecule has 38 heavy (non-hydrogen) atoms. The molecule has 1 atom stereocenters. The van der Waals surface area contributed by atoms with Gasteiger partial charge in [0, 0.05) is 10.7 Å². The van der Waals surface area contributed by atoms with Crippen molar-refractivity contribution in [3.63, 3.8) is 0 Å². The number of hydrogen-bond acceptors (Lipinski definition) is 5. The van der Waals surface area contributed by atoms with Gasteiger partial charge in [-0.3, -0.25) is 14.5 Å². The van der Waals surface area contributed by atoms with E-state index in [9.17, 15) is 9.59 Å². The lowest BCUT2D eigenvalue weighted by Gasteiger charge is -2.26. The zero-order valence-electron chi connectivity index (χ0n) is 22.0. The summed E-state index contributed by atoms with van der Waals surface area (Å²) in [5, 5.41) is 0.928. The van der Waals surface area contributed by atoms with Gasteiger partial charge in [-0.05, 0) is 86.3 Å².